The lowest BCUT2D eigenvalue weighted by atomic mass is 10.1. The number of benzene rings is 2. The number of piperazine rings is 1. The zero-order valence-corrected chi connectivity index (χ0v) is 17.1. The Morgan fingerprint density at radius 2 is 1.53 bits per heavy atom. The fraction of sp³-hybridized carbons (Fsp3) is 0.333. The summed E-state index contributed by atoms with van der Waals surface area (Å²) in [5.41, 5.74) is 0.735. The molecular weight excluding hydrogens is 390 g/mol. The van der Waals surface area contributed by atoms with Crippen LogP contribution in [0.4, 0.5) is 5.69 Å². The lowest BCUT2D eigenvalue weighted by molar-refractivity contribution is -0.385. The first-order chi connectivity index (χ1) is 14.4. The molecule has 1 heterocycles. The number of carbonyl (C=O) groups excluding carboxylic acids is 2. The molecule has 1 fully saturated rings. The van der Waals surface area contributed by atoms with Crippen molar-refractivity contribution in [2.75, 3.05) is 40.4 Å². The topological polar surface area (TPSA) is 102 Å². The third-order valence-electron chi connectivity index (χ3n) is 5.14. The Balaban J connectivity index is 1.73. The molecule has 1 aliphatic heterocycles. The van der Waals surface area contributed by atoms with Gasteiger partial charge in [-0.05, 0) is 25.1 Å². The van der Waals surface area contributed by atoms with Crippen LogP contribution in [0.25, 0.3) is 0 Å². The van der Waals surface area contributed by atoms with Gasteiger partial charge in [0, 0.05) is 37.8 Å². The summed E-state index contributed by atoms with van der Waals surface area (Å²) < 4.78 is 10.5. The molecule has 0 N–H and O–H groups in total. The molecule has 0 saturated carbocycles. The second-order valence-electron chi connectivity index (χ2n) is 6.88. The molecule has 158 valence electrons. The van der Waals surface area contributed by atoms with Crippen LogP contribution in [-0.2, 0) is 0 Å². The van der Waals surface area contributed by atoms with E-state index in [0.717, 1.165) is 0 Å². The van der Waals surface area contributed by atoms with E-state index in [0.29, 0.717) is 35.7 Å². The van der Waals surface area contributed by atoms with Crippen molar-refractivity contribution >= 4 is 17.5 Å². The quantitative estimate of drug-likeness (QED) is 0.551. The molecule has 9 heteroatoms. The Labute approximate surface area is 173 Å². The van der Waals surface area contributed by atoms with E-state index in [1.165, 1.54) is 25.2 Å². The summed E-state index contributed by atoms with van der Waals surface area (Å²) in [6.07, 6.45) is 0. The molecule has 2 amide bonds. The molecule has 9 nitrogen and oxygen atoms in total. The largest absolute Gasteiger partial charge is 0.497 e. The smallest absolute Gasteiger partial charge is 0.285 e. The summed E-state index contributed by atoms with van der Waals surface area (Å²) in [4.78, 5) is 39.8. The maximum Gasteiger partial charge on any atom is 0.285 e. The fourth-order valence-electron chi connectivity index (χ4n) is 3.50. The van der Waals surface area contributed by atoms with Crippen LogP contribution >= 0.6 is 0 Å². The van der Waals surface area contributed by atoms with Crippen LogP contribution in [0, 0.1) is 17.0 Å². The van der Waals surface area contributed by atoms with Crippen LogP contribution in [0.15, 0.2) is 36.4 Å². The van der Waals surface area contributed by atoms with Gasteiger partial charge in [0.2, 0.25) is 0 Å². The third-order valence-corrected chi connectivity index (χ3v) is 5.14. The Kier molecular flexibility index (Phi) is 6.20. The number of hydrogen-bond donors (Lipinski definition) is 0. The Bertz CT molecular complexity index is 983. The highest BCUT2D eigenvalue weighted by Gasteiger charge is 2.30. The Morgan fingerprint density at radius 1 is 0.933 bits per heavy atom. The molecule has 0 radical (unpaired) electrons. The molecule has 0 spiro atoms. The van der Waals surface area contributed by atoms with Crippen molar-refractivity contribution in [3.63, 3.8) is 0 Å². The monoisotopic (exact) mass is 413 g/mol. The summed E-state index contributed by atoms with van der Waals surface area (Å²) in [5, 5.41) is 11.4. The molecule has 1 aliphatic rings. The molecule has 0 bridgehead atoms. The molecule has 0 aromatic heterocycles. The number of nitro groups is 1. The summed E-state index contributed by atoms with van der Waals surface area (Å²) in [6, 6.07) is 9.68. The predicted molar refractivity (Wildman–Crippen MR) is 109 cm³/mol. The molecule has 0 unspecified atom stereocenters. The van der Waals surface area contributed by atoms with Crippen LogP contribution in [0.1, 0.15) is 26.3 Å². The van der Waals surface area contributed by atoms with Crippen molar-refractivity contribution in [1.82, 2.24) is 9.80 Å². The average Bonchev–Trinajstić information content (AvgIpc) is 2.77. The minimum atomic E-state index is -0.529. The van der Waals surface area contributed by atoms with E-state index in [9.17, 15) is 19.7 Å². The van der Waals surface area contributed by atoms with Crippen molar-refractivity contribution in [2.24, 2.45) is 0 Å². The van der Waals surface area contributed by atoms with Crippen molar-refractivity contribution in [3.8, 4) is 11.5 Å². The van der Waals surface area contributed by atoms with Crippen LogP contribution in [0.3, 0.4) is 0 Å². The highest BCUT2D eigenvalue weighted by Crippen LogP contribution is 2.27. The van der Waals surface area contributed by atoms with Crippen LogP contribution < -0.4 is 9.47 Å². The van der Waals surface area contributed by atoms with Gasteiger partial charge < -0.3 is 19.3 Å². The SMILES string of the molecule is COc1ccc(C(=O)N2CCN(C(=O)c3cccc(C)c3[N+](=O)[O-])CC2)c(OC)c1. The summed E-state index contributed by atoms with van der Waals surface area (Å²) in [5.74, 6) is 0.384. The zero-order valence-electron chi connectivity index (χ0n) is 17.1. The van der Waals surface area contributed by atoms with Crippen molar-refractivity contribution in [1.29, 1.82) is 0 Å². The number of hydrogen-bond acceptors (Lipinski definition) is 6. The first-order valence-corrected chi connectivity index (χ1v) is 9.42. The summed E-state index contributed by atoms with van der Waals surface area (Å²) >= 11 is 0. The molecular formula is C21H23N3O6. The van der Waals surface area contributed by atoms with Crippen molar-refractivity contribution in [3.05, 3.63) is 63.2 Å². The molecule has 2 aromatic rings. The number of aryl methyl sites for hydroxylation is 1. The van der Waals surface area contributed by atoms with Gasteiger partial charge in [0.15, 0.2) is 0 Å². The third kappa shape index (κ3) is 4.05. The Hall–Kier alpha value is -3.62. The predicted octanol–water partition coefficient (Wildman–Crippen LogP) is 2.52. The standard InChI is InChI=1S/C21H23N3O6/c1-14-5-4-6-17(19(14)24(27)28)21(26)23-11-9-22(10-12-23)20(25)16-8-7-15(29-2)13-18(16)30-3/h4-8,13H,9-12H2,1-3H3. The second-order valence-corrected chi connectivity index (χ2v) is 6.88. The van der Waals surface area contributed by atoms with Gasteiger partial charge in [-0.25, -0.2) is 0 Å². The van der Waals surface area contributed by atoms with E-state index in [1.54, 1.807) is 42.2 Å². The van der Waals surface area contributed by atoms with E-state index >= 15 is 0 Å². The fourth-order valence-corrected chi connectivity index (χ4v) is 3.50. The first kappa shape index (κ1) is 21.1. The van der Waals surface area contributed by atoms with Gasteiger partial charge in [0.05, 0.1) is 24.7 Å². The van der Waals surface area contributed by atoms with E-state index in [2.05, 4.69) is 0 Å². The maximum atomic E-state index is 12.9. The molecule has 1 saturated heterocycles. The van der Waals surface area contributed by atoms with Gasteiger partial charge in [-0.3, -0.25) is 19.7 Å². The number of carbonyl (C=O) groups is 2. The number of methoxy groups -OCH3 is 2. The van der Waals surface area contributed by atoms with Gasteiger partial charge in [-0.1, -0.05) is 12.1 Å². The highest BCUT2D eigenvalue weighted by molar-refractivity contribution is 5.99. The van der Waals surface area contributed by atoms with Gasteiger partial charge in [-0.15, -0.1) is 0 Å². The first-order valence-electron chi connectivity index (χ1n) is 9.42. The number of nitrogens with zero attached hydrogens (tertiary/aromatic N) is 3. The van der Waals surface area contributed by atoms with Gasteiger partial charge in [0.25, 0.3) is 17.5 Å². The lowest BCUT2D eigenvalue weighted by Gasteiger charge is -2.35. The molecule has 2 aromatic carbocycles. The van der Waals surface area contributed by atoms with Crippen LogP contribution in [-0.4, -0.2) is 66.9 Å². The molecule has 3 rings (SSSR count). The van der Waals surface area contributed by atoms with Gasteiger partial charge >= 0.3 is 0 Å². The van der Waals surface area contributed by atoms with Gasteiger partial charge in [-0.2, -0.15) is 0 Å². The normalized spacial score (nSPS) is 13.7. The number of rotatable bonds is 5. The van der Waals surface area contributed by atoms with E-state index in [1.807, 2.05) is 0 Å². The average molecular weight is 413 g/mol. The number of ether oxygens (including phenoxy) is 2. The van der Waals surface area contributed by atoms with E-state index < -0.39 is 10.8 Å². The highest BCUT2D eigenvalue weighted by atomic mass is 16.6. The van der Waals surface area contributed by atoms with Gasteiger partial charge in [0.1, 0.15) is 17.1 Å². The second kappa shape index (κ2) is 8.81. The molecule has 30 heavy (non-hydrogen) atoms. The molecule has 0 atom stereocenters. The maximum absolute atomic E-state index is 12.9. The van der Waals surface area contributed by atoms with Crippen molar-refractivity contribution < 1.29 is 24.0 Å². The minimum absolute atomic E-state index is 0.0663. The molecule has 0 aliphatic carbocycles. The van der Waals surface area contributed by atoms with E-state index in [4.69, 9.17) is 9.47 Å². The van der Waals surface area contributed by atoms with Crippen molar-refractivity contribution in [2.45, 2.75) is 6.92 Å². The lowest BCUT2D eigenvalue weighted by Crippen LogP contribution is -2.50. The number of para-hydroxylation sites is 1. The number of nitro benzene ring substituents is 1. The van der Waals surface area contributed by atoms with Crippen LogP contribution in [0.2, 0.25) is 0 Å². The minimum Gasteiger partial charge on any atom is -0.497 e. The van der Waals surface area contributed by atoms with E-state index in [-0.39, 0.29) is 30.2 Å². The Morgan fingerprint density at radius 3 is 2.07 bits per heavy atom. The summed E-state index contributed by atoms with van der Waals surface area (Å²) in [6.45, 7) is 2.81. The zero-order chi connectivity index (χ0) is 21.8. The summed E-state index contributed by atoms with van der Waals surface area (Å²) in [7, 11) is 3.02. The van der Waals surface area contributed by atoms with Crippen LogP contribution in [0.5, 0.6) is 11.5 Å². The number of amides is 2.